The van der Waals surface area contributed by atoms with Gasteiger partial charge in [0.15, 0.2) is 0 Å². The van der Waals surface area contributed by atoms with E-state index in [9.17, 15) is 0 Å². The van der Waals surface area contributed by atoms with Crippen molar-refractivity contribution in [3.05, 3.63) is 0 Å². The Morgan fingerprint density at radius 3 is 1.71 bits per heavy atom. The molecule has 0 bridgehead atoms. The number of halogens is 1. The van der Waals surface area contributed by atoms with Crippen LogP contribution in [-0.2, 0) is 0 Å². The molecule has 2 nitrogen and oxygen atoms in total. The van der Waals surface area contributed by atoms with Crippen molar-refractivity contribution in [2.45, 2.75) is 19.4 Å². The summed E-state index contributed by atoms with van der Waals surface area (Å²) in [5, 5.41) is 15.1. The molecule has 0 aliphatic heterocycles. The van der Waals surface area contributed by atoms with Gasteiger partial charge in [0.25, 0.3) is 0 Å². The SMILES string of the molecule is CC(C)(O)C=N.Cl. The van der Waals surface area contributed by atoms with Crippen LogP contribution < -0.4 is 0 Å². The van der Waals surface area contributed by atoms with E-state index in [1.165, 1.54) is 0 Å². The van der Waals surface area contributed by atoms with E-state index in [-0.39, 0.29) is 12.4 Å². The standard InChI is InChI=1S/C4H9NO.ClH/c1-4(2,6)3-5;/h3,5-6H,1-2H3;1H. The van der Waals surface area contributed by atoms with Gasteiger partial charge in [-0.05, 0) is 13.8 Å². The van der Waals surface area contributed by atoms with Crippen molar-refractivity contribution in [1.29, 1.82) is 5.41 Å². The van der Waals surface area contributed by atoms with Gasteiger partial charge in [-0.2, -0.15) is 0 Å². The number of nitrogens with one attached hydrogen (secondary N) is 1. The molecule has 0 spiro atoms. The van der Waals surface area contributed by atoms with Gasteiger partial charge in [-0.15, -0.1) is 12.4 Å². The maximum Gasteiger partial charge on any atom is 0.0934 e. The lowest BCUT2D eigenvalue weighted by Gasteiger charge is -2.05. The van der Waals surface area contributed by atoms with E-state index in [1.54, 1.807) is 13.8 Å². The second-order valence-electron chi connectivity index (χ2n) is 1.80. The molecule has 44 valence electrons. The minimum atomic E-state index is -0.917. The molecule has 0 atom stereocenters. The van der Waals surface area contributed by atoms with E-state index in [0.717, 1.165) is 6.21 Å². The quantitative estimate of drug-likeness (QED) is 0.499. The average Bonchev–Trinajstić information content (AvgIpc) is 1.35. The first kappa shape index (κ1) is 10.0. The molecule has 3 heteroatoms. The Morgan fingerprint density at radius 1 is 1.57 bits per heavy atom. The minimum Gasteiger partial charge on any atom is -0.385 e. The van der Waals surface area contributed by atoms with Crippen LogP contribution in [0.5, 0.6) is 0 Å². The molecule has 0 amide bonds. The highest BCUT2D eigenvalue weighted by Gasteiger charge is 2.04. The molecule has 0 fully saturated rings. The summed E-state index contributed by atoms with van der Waals surface area (Å²) in [5.74, 6) is 0. The number of aliphatic hydroxyl groups is 1. The van der Waals surface area contributed by atoms with E-state index >= 15 is 0 Å². The lowest BCUT2D eigenvalue weighted by Crippen LogP contribution is -2.18. The Hall–Kier alpha value is -0.0800. The molecule has 0 radical (unpaired) electrons. The van der Waals surface area contributed by atoms with Crippen LogP contribution >= 0.6 is 12.4 Å². The molecule has 0 unspecified atom stereocenters. The Morgan fingerprint density at radius 2 is 1.71 bits per heavy atom. The van der Waals surface area contributed by atoms with Crippen molar-refractivity contribution in [3.8, 4) is 0 Å². The first-order valence-electron chi connectivity index (χ1n) is 1.80. The van der Waals surface area contributed by atoms with Gasteiger partial charge in [0.2, 0.25) is 0 Å². The van der Waals surface area contributed by atoms with Crippen LogP contribution in [0.2, 0.25) is 0 Å². The summed E-state index contributed by atoms with van der Waals surface area (Å²) >= 11 is 0. The smallest absolute Gasteiger partial charge is 0.0934 e. The lowest BCUT2D eigenvalue weighted by atomic mass is 10.2. The molecular formula is C4H10ClNO. The Labute approximate surface area is 49.5 Å². The number of hydrogen-bond acceptors (Lipinski definition) is 2. The molecule has 7 heavy (non-hydrogen) atoms. The molecule has 0 aromatic heterocycles. The molecule has 0 saturated heterocycles. The summed E-state index contributed by atoms with van der Waals surface area (Å²) in [6.07, 6.45) is 0.993. The maximum atomic E-state index is 8.58. The van der Waals surface area contributed by atoms with Gasteiger partial charge < -0.3 is 10.5 Å². The predicted octanol–water partition coefficient (Wildman–Crippen LogP) is 0.829. The molecule has 0 aliphatic rings. The zero-order valence-corrected chi connectivity index (χ0v) is 5.25. The summed E-state index contributed by atoms with van der Waals surface area (Å²) in [5.41, 5.74) is -0.917. The Bertz CT molecular complexity index is 57.2. The first-order chi connectivity index (χ1) is 2.56. The topological polar surface area (TPSA) is 44.1 Å². The first-order valence-corrected chi connectivity index (χ1v) is 1.80. The second-order valence-corrected chi connectivity index (χ2v) is 1.80. The third-order valence-corrected chi connectivity index (χ3v) is 0.353. The fraction of sp³-hybridized carbons (Fsp3) is 0.750. The highest BCUT2D eigenvalue weighted by Crippen LogP contribution is 1.91. The van der Waals surface area contributed by atoms with Gasteiger partial charge in [-0.1, -0.05) is 0 Å². The van der Waals surface area contributed by atoms with Gasteiger partial charge >= 0.3 is 0 Å². The van der Waals surface area contributed by atoms with E-state index in [2.05, 4.69) is 0 Å². The summed E-state index contributed by atoms with van der Waals surface area (Å²) in [6, 6.07) is 0. The van der Waals surface area contributed by atoms with Crippen molar-refractivity contribution < 1.29 is 5.11 Å². The van der Waals surface area contributed by atoms with Gasteiger partial charge in [-0.3, -0.25) is 0 Å². The lowest BCUT2D eigenvalue weighted by molar-refractivity contribution is 0.158. The molecule has 2 N–H and O–H groups in total. The third-order valence-electron chi connectivity index (χ3n) is 0.353. The highest BCUT2D eigenvalue weighted by molar-refractivity contribution is 5.85. The van der Waals surface area contributed by atoms with E-state index in [1.807, 2.05) is 0 Å². The van der Waals surface area contributed by atoms with E-state index in [0.29, 0.717) is 0 Å². The summed E-state index contributed by atoms with van der Waals surface area (Å²) in [4.78, 5) is 0. The van der Waals surface area contributed by atoms with Gasteiger partial charge in [0, 0.05) is 6.21 Å². The molecule has 0 aromatic rings. The van der Waals surface area contributed by atoms with Crippen LogP contribution in [0.15, 0.2) is 0 Å². The van der Waals surface area contributed by atoms with Crippen molar-refractivity contribution in [1.82, 2.24) is 0 Å². The molecule has 0 rings (SSSR count). The van der Waals surface area contributed by atoms with Gasteiger partial charge in [-0.25, -0.2) is 0 Å². The molecule has 0 aromatic carbocycles. The number of rotatable bonds is 1. The fourth-order valence-electron chi connectivity index (χ4n) is 0. The van der Waals surface area contributed by atoms with Crippen LogP contribution in [-0.4, -0.2) is 16.9 Å². The molecule has 0 aliphatic carbocycles. The summed E-state index contributed by atoms with van der Waals surface area (Å²) < 4.78 is 0. The van der Waals surface area contributed by atoms with E-state index < -0.39 is 5.60 Å². The average molecular weight is 124 g/mol. The van der Waals surface area contributed by atoms with E-state index in [4.69, 9.17) is 10.5 Å². The number of hydrogen-bond donors (Lipinski definition) is 2. The second kappa shape index (κ2) is 2.99. The third kappa shape index (κ3) is 10.7. The zero-order valence-electron chi connectivity index (χ0n) is 4.43. The largest absolute Gasteiger partial charge is 0.385 e. The minimum absolute atomic E-state index is 0. The zero-order chi connectivity index (χ0) is 5.21. The fourth-order valence-corrected chi connectivity index (χ4v) is 0. The van der Waals surface area contributed by atoms with Crippen LogP contribution in [0.25, 0.3) is 0 Å². The molecule has 0 saturated carbocycles. The normalized spacial score (nSPS) is 9.57. The van der Waals surface area contributed by atoms with Crippen LogP contribution in [0.4, 0.5) is 0 Å². The van der Waals surface area contributed by atoms with Gasteiger partial charge in [0.1, 0.15) is 0 Å². The van der Waals surface area contributed by atoms with Crippen molar-refractivity contribution in [3.63, 3.8) is 0 Å². The van der Waals surface area contributed by atoms with Gasteiger partial charge in [0.05, 0.1) is 5.60 Å². The maximum absolute atomic E-state index is 8.58. The monoisotopic (exact) mass is 123 g/mol. The van der Waals surface area contributed by atoms with Crippen molar-refractivity contribution in [2.75, 3.05) is 0 Å². The van der Waals surface area contributed by atoms with Crippen molar-refractivity contribution in [2.24, 2.45) is 0 Å². The predicted molar refractivity (Wildman–Crippen MR) is 32.3 cm³/mol. The summed E-state index contributed by atoms with van der Waals surface area (Å²) in [7, 11) is 0. The van der Waals surface area contributed by atoms with Crippen LogP contribution in [0.3, 0.4) is 0 Å². The highest BCUT2D eigenvalue weighted by atomic mass is 35.5. The Kier molecular flexibility index (Phi) is 4.28. The molecular weight excluding hydrogens is 114 g/mol. The summed E-state index contributed by atoms with van der Waals surface area (Å²) in [6.45, 7) is 3.11. The van der Waals surface area contributed by atoms with Crippen LogP contribution in [0, 0.1) is 5.41 Å². The van der Waals surface area contributed by atoms with Crippen molar-refractivity contribution >= 4 is 18.6 Å². The molecule has 0 heterocycles. The van der Waals surface area contributed by atoms with Crippen LogP contribution in [0.1, 0.15) is 13.8 Å². The Balaban J connectivity index is 0.